The molecular formula is C28H36BrClN2O3. The zero-order valence-corrected chi connectivity index (χ0v) is 23.2. The van der Waals surface area contributed by atoms with Gasteiger partial charge in [-0.05, 0) is 76.5 Å². The zero-order chi connectivity index (χ0) is 25.4. The van der Waals surface area contributed by atoms with E-state index in [0.29, 0.717) is 29.7 Å². The number of hydrogen-bond donors (Lipinski definition) is 1. The maximum Gasteiger partial charge on any atom is 0.261 e. The molecule has 0 aromatic heterocycles. The highest BCUT2D eigenvalue weighted by molar-refractivity contribution is 9.10. The number of ether oxygens (including phenoxy) is 1. The fourth-order valence-electron chi connectivity index (χ4n) is 4.47. The van der Waals surface area contributed by atoms with Gasteiger partial charge in [-0.15, -0.1) is 0 Å². The molecule has 1 aliphatic rings. The first-order chi connectivity index (χ1) is 16.8. The highest BCUT2D eigenvalue weighted by atomic mass is 79.9. The van der Waals surface area contributed by atoms with Crippen molar-refractivity contribution in [2.24, 2.45) is 0 Å². The van der Waals surface area contributed by atoms with E-state index < -0.39 is 6.04 Å². The van der Waals surface area contributed by atoms with E-state index in [0.717, 1.165) is 35.7 Å². The molecule has 2 aromatic carbocycles. The average Bonchev–Trinajstić information content (AvgIpc) is 2.84. The maximum absolute atomic E-state index is 13.5. The topological polar surface area (TPSA) is 58.6 Å². The van der Waals surface area contributed by atoms with Crippen LogP contribution in [-0.2, 0) is 16.1 Å². The standard InChI is InChI=1S/C28H36BrClN2O3/c1-4-25(28(34)31-23-8-6-5-7-9-23)32(17-20-10-13-22(30)14-11-20)27(33)18-35-26-15-12-21(19(2)3)16-24(26)29/h10-16,19,23,25H,4-9,17-18H2,1-3H3,(H,31,34). The molecule has 7 heteroatoms. The third kappa shape index (κ3) is 7.97. The number of benzene rings is 2. The van der Waals surface area contributed by atoms with Gasteiger partial charge >= 0.3 is 0 Å². The van der Waals surface area contributed by atoms with Crippen LogP contribution in [0.3, 0.4) is 0 Å². The van der Waals surface area contributed by atoms with Crippen molar-refractivity contribution in [2.75, 3.05) is 6.61 Å². The number of rotatable bonds is 10. The summed E-state index contributed by atoms with van der Waals surface area (Å²) in [4.78, 5) is 28.4. The third-order valence-corrected chi connectivity index (χ3v) is 7.45. The summed E-state index contributed by atoms with van der Waals surface area (Å²) >= 11 is 9.61. The van der Waals surface area contributed by atoms with Gasteiger partial charge in [0.25, 0.3) is 5.91 Å². The Balaban J connectivity index is 1.76. The molecule has 0 spiro atoms. The van der Waals surface area contributed by atoms with Crippen LogP contribution < -0.4 is 10.1 Å². The second-order valence-electron chi connectivity index (χ2n) is 9.55. The van der Waals surface area contributed by atoms with Gasteiger partial charge in [-0.3, -0.25) is 9.59 Å². The second kappa shape index (κ2) is 13.3. The summed E-state index contributed by atoms with van der Waals surface area (Å²) in [5, 5.41) is 3.83. The second-order valence-corrected chi connectivity index (χ2v) is 10.8. The summed E-state index contributed by atoms with van der Waals surface area (Å²) in [6.45, 7) is 6.35. The molecule has 1 saturated carbocycles. The molecule has 1 aliphatic carbocycles. The summed E-state index contributed by atoms with van der Waals surface area (Å²) in [7, 11) is 0. The van der Waals surface area contributed by atoms with Gasteiger partial charge in [0.2, 0.25) is 5.91 Å². The predicted molar refractivity (Wildman–Crippen MR) is 145 cm³/mol. The summed E-state index contributed by atoms with van der Waals surface area (Å²) in [5.74, 6) is 0.674. The molecule has 1 unspecified atom stereocenters. The number of halogens is 2. The monoisotopic (exact) mass is 562 g/mol. The molecule has 2 aromatic rings. The Morgan fingerprint density at radius 2 is 1.80 bits per heavy atom. The van der Waals surface area contributed by atoms with Gasteiger partial charge < -0.3 is 15.0 Å². The minimum Gasteiger partial charge on any atom is -0.483 e. The van der Waals surface area contributed by atoms with E-state index >= 15 is 0 Å². The van der Waals surface area contributed by atoms with Gasteiger partial charge in [0.15, 0.2) is 6.61 Å². The molecule has 0 saturated heterocycles. The zero-order valence-electron chi connectivity index (χ0n) is 20.9. The Morgan fingerprint density at radius 3 is 2.40 bits per heavy atom. The van der Waals surface area contributed by atoms with Crippen molar-refractivity contribution < 1.29 is 14.3 Å². The molecular weight excluding hydrogens is 528 g/mol. The van der Waals surface area contributed by atoms with E-state index in [9.17, 15) is 9.59 Å². The summed E-state index contributed by atoms with van der Waals surface area (Å²) in [5.41, 5.74) is 2.10. The minimum atomic E-state index is -0.574. The molecule has 3 rings (SSSR count). The molecule has 2 amide bonds. The van der Waals surface area contributed by atoms with Crippen LogP contribution in [-0.4, -0.2) is 35.4 Å². The Bertz CT molecular complexity index is 990. The van der Waals surface area contributed by atoms with Crippen molar-refractivity contribution in [3.63, 3.8) is 0 Å². The van der Waals surface area contributed by atoms with E-state index in [-0.39, 0.29) is 24.5 Å². The van der Waals surface area contributed by atoms with Crippen molar-refractivity contribution in [3.8, 4) is 5.75 Å². The van der Waals surface area contributed by atoms with Crippen LogP contribution in [0.25, 0.3) is 0 Å². The van der Waals surface area contributed by atoms with Crippen LogP contribution in [0.15, 0.2) is 46.9 Å². The molecule has 5 nitrogen and oxygen atoms in total. The SMILES string of the molecule is CCC(C(=O)NC1CCCCC1)N(Cc1ccc(Cl)cc1)C(=O)COc1ccc(C(C)C)cc1Br. The fraction of sp³-hybridized carbons (Fsp3) is 0.500. The van der Waals surface area contributed by atoms with Crippen LogP contribution in [0.1, 0.15) is 76.3 Å². The number of nitrogens with zero attached hydrogens (tertiary/aromatic N) is 1. The van der Waals surface area contributed by atoms with Crippen LogP contribution in [0, 0.1) is 0 Å². The van der Waals surface area contributed by atoms with Crippen LogP contribution in [0.4, 0.5) is 0 Å². The largest absolute Gasteiger partial charge is 0.483 e. The van der Waals surface area contributed by atoms with Gasteiger partial charge in [0.1, 0.15) is 11.8 Å². The fourth-order valence-corrected chi connectivity index (χ4v) is 5.10. The molecule has 190 valence electrons. The lowest BCUT2D eigenvalue weighted by Gasteiger charge is -2.32. The van der Waals surface area contributed by atoms with E-state index in [1.54, 1.807) is 17.0 Å². The van der Waals surface area contributed by atoms with Crippen molar-refractivity contribution >= 4 is 39.3 Å². The number of carbonyl (C=O) groups is 2. The number of nitrogens with one attached hydrogen (secondary N) is 1. The molecule has 0 bridgehead atoms. The maximum atomic E-state index is 13.5. The highest BCUT2D eigenvalue weighted by Crippen LogP contribution is 2.29. The normalized spacial score (nSPS) is 15.0. The van der Waals surface area contributed by atoms with E-state index in [1.807, 2.05) is 37.3 Å². The van der Waals surface area contributed by atoms with Crippen LogP contribution in [0.5, 0.6) is 5.75 Å². The van der Waals surface area contributed by atoms with Crippen molar-refractivity contribution in [1.82, 2.24) is 10.2 Å². The lowest BCUT2D eigenvalue weighted by atomic mass is 9.95. The Labute approximate surface area is 222 Å². The van der Waals surface area contributed by atoms with Crippen LogP contribution in [0.2, 0.25) is 5.02 Å². The Kier molecular flexibility index (Phi) is 10.5. The smallest absolute Gasteiger partial charge is 0.261 e. The first-order valence-corrected chi connectivity index (χ1v) is 13.7. The average molecular weight is 564 g/mol. The van der Waals surface area contributed by atoms with Gasteiger partial charge in [-0.1, -0.05) is 69.8 Å². The lowest BCUT2D eigenvalue weighted by Crippen LogP contribution is -2.52. The molecule has 1 fully saturated rings. The molecule has 0 heterocycles. The lowest BCUT2D eigenvalue weighted by molar-refractivity contribution is -0.143. The molecule has 1 N–H and O–H groups in total. The third-order valence-electron chi connectivity index (χ3n) is 6.58. The Hall–Kier alpha value is -2.05. The Morgan fingerprint density at radius 1 is 1.11 bits per heavy atom. The van der Waals surface area contributed by atoms with Crippen molar-refractivity contribution in [3.05, 3.63) is 63.1 Å². The van der Waals surface area contributed by atoms with Gasteiger partial charge in [-0.25, -0.2) is 0 Å². The molecule has 0 aliphatic heterocycles. The quantitative estimate of drug-likeness (QED) is 0.343. The first-order valence-electron chi connectivity index (χ1n) is 12.5. The summed E-state index contributed by atoms with van der Waals surface area (Å²) in [6, 6.07) is 12.9. The summed E-state index contributed by atoms with van der Waals surface area (Å²) < 4.78 is 6.71. The van der Waals surface area contributed by atoms with E-state index in [2.05, 4.69) is 35.1 Å². The van der Waals surface area contributed by atoms with E-state index in [4.69, 9.17) is 16.3 Å². The molecule has 0 radical (unpaired) electrons. The van der Waals surface area contributed by atoms with E-state index in [1.165, 1.54) is 12.0 Å². The van der Waals surface area contributed by atoms with Gasteiger partial charge in [0.05, 0.1) is 4.47 Å². The molecule has 1 atom stereocenters. The molecule has 35 heavy (non-hydrogen) atoms. The minimum absolute atomic E-state index is 0.0934. The number of hydrogen-bond acceptors (Lipinski definition) is 3. The number of amides is 2. The number of carbonyl (C=O) groups excluding carboxylic acids is 2. The van der Waals surface area contributed by atoms with Gasteiger partial charge in [0, 0.05) is 17.6 Å². The van der Waals surface area contributed by atoms with Crippen LogP contribution >= 0.6 is 27.5 Å². The predicted octanol–water partition coefficient (Wildman–Crippen LogP) is 6.86. The van der Waals surface area contributed by atoms with Gasteiger partial charge in [-0.2, -0.15) is 0 Å². The highest BCUT2D eigenvalue weighted by Gasteiger charge is 2.30. The van der Waals surface area contributed by atoms with Crippen molar-refractivity contribution in [1.29, 1.82) is 0 Å². The summed E-state index contributed by atoms with van der Waals surface area (Å²) in [6.07, 6.45) is 6.00. The first kappa shape index (κ1) is 27.5. The van der Waals surface area contributed by atoms with Crippen molar-refractivity contribution in [2.45, 2.75) is 83.8 Å².